The minimum Gasteiger partial charge on any atom is -0.508 e. The van der Waals surface area contributed by atoms with E-state index in [1.807, 2.05) is 48.5 Å². The predicted octanol–water partition coefficient (Wildman–Crippen LogP) is 8.02. The van der Waals surface area contributed by atoms with Crippen LogP contribution < -0.4 is 16.0 Å². The number of carbonyl (C=O) groups is 6. The highest BCUT2D eigenvalue weighted by Crippen LogP contribution is 2.27. The molecule has 0 radical (unpaired) electrons. The zero-order chi connectivity index (χ0) is 60.6. The first-order valence-electron chi connectivity index (χ1n) is 25.7. The predicted molar refractivity (Wildman–Crippen MR) is 300 cm³/mol. The minimum atomic E-state index is -1.23. The average molecular weight is 1130 g/mol. The van der Waals surface area contributed by atoms with Gasteiger partial charge >= 0.3 is 30.1 Å². The lowest BCUT2D eigenvalue weighted by Gasteiger charge is -2.25. The number of carbonyl (C=O) groups excluding carboxylic acids is 5. The molecule has 0 bridgehead atoms. The summed E-state index contributed by atoms with van der Waals surface area (Å²) >= 11 is 0. The number of rotatable bonds is 20. The monoisotopic (exact) mass is 1130 g/mol. The molecule has 0 spiro atoms. The SMILES string of the molecule is CC(C)(C)OC(=O)N[C@@H](Cc1ccc(O)c(O)c1)C(=O)N[C@@H](Cc1ccc(O)cc1)C(=O)OCc1ccccc1.CC(C)(C)OC(=O)N[C@@H](Cc1ccc(O)c(O)c1)C(=O)O.CO[C@@H](Cc1ccc(O)cc1)C(=O)OCc1ccccc1. The molecule has 6 rings (SSSR count). The topological polar surface area (TPSA) is 326 Å². The van der Waals surface area contributed by atoms with Crippen LogP contribution in [0.3, 0.4) is 0 Å². The third-order valence-corrected chi connectivity index (χ3v) is 11.3. The lowest BCUT2D eigenvalue weighted by Crippen LogP contribution is -2.54. The van der Waals surface area contributed by atoms with E-state index in [0.717, 1.165) is 16.7 Å². The van der Waals surface area contributed by atoms with Gasteiger partial charge in [0.15, 0.2) is 29.1 Å². The van der Waals surface area contributed by atoms with E-state index in [0.29, 0.717) is 23.1 Å². The number of carboxylic acids is 1. The molecule has 21 nitrogen and oxygen atoms in total. The summed E-state index contributed by atoms with van der Waals surface area (Å²) in [4.78, 5) is 74.0. The second-order valence-electron chi connectivity index (χ2n) is 20.5. The molecule has 21 heteroatoms. The van der Waals surface area contributed by atoms with Gasteiger partial charge in [-0.3, -0.25) is 4.79 Å². The molecule has 0 heterocycles. The molecule has 0 aliphatic carbocycles. The number of phenols is 6. The van der Waals surface area contributed by atoms with Gasteiger partial charge in [-0.2, -0.15) is 0 Å². The second kappa shape index (κ2) is 31.3. The van der Waals surface area contributed by atoms with E-state index in [1.54, 1.807) is 90.1 Å². The molecule has 4 atom stereocenters. The number of aliphatic carboxylic acids is 1. The number of methoxy groups -OCH3 is 1. The molecule has 0 saturated heterocycles. The highest BCUT2D eigenvalue weighted by Gasteiger charge is 2.31. The number of hydrogen-bond acceptors (Lipinski definition) is 17. The quantitative estimate of drug-likeness (QED) is 0.0196. The average Bonchev–Trinajstić information content (AvgIpc) is 3.45. The van der Waals surface area contributed by atoms with E-state index >= 15 is 0 Å². The Kier molecular flexibility index (Phi) is 24.8. The first kappa shape index (κ1) is 65.0. The fourth-order valence-electron chi connectivity index (χ4n) is 7.27. The molecule has 0 unspecified atom stereocenters. The number of phenolic OH excluding ortho intramolecular Hbond substituents is 6. The lowest BCUT2D eigenvalue weighted by atomic mass is 10.0. The van der Waals surface area contributed by atoms with Crippen LogP contribution in [-0.4, -0.2) is 114 Å². The molecule has 3 amide bonds. The van der Waals surface area contributed by atoms with Gasteiger partial charge in [0.25, 0.3) is 0 Å². The fourth-order valence-corrected chi connectivity index (χ4v) is 7.27. The van der Waals surface area contributed by atoms with Crippen molar-refractivity contribution in [3.63, 3.8) is 0 Å². The maximum Gasteiger partial charge on any atom is 0.408 e. The first-order chi connectivity index (χ1) is 38.7. The Morgan fingerprint density at radius 2 is 0.805 bits per heavy atom. The van der Waals surface area contributed by atoms with Gasteiger partial charge in [0.05, 0.1) is 0 Å². The van der Waals surface area contributed by atoms with Crippen molar-refractivity contribution in [1.29, 1.82) is 0 Å². The summed E-state index contributed by atoms with van der Waals surface area (Å²) in [7, 11) is 1.48. The third kappa shape index (κ3) is 24.3. The molecular weight excluding hydrogens is 1060 g/mol. The van der Waals surface area contributed by atoms with Gasteiger partial charge in [0.1, 0.15) is 54.0 Å². The van der Waals surface area contributed by atoms with Crippen molar-refractivity contribution in [3.8, 4) is 34.5 Å². The Morgan fingerprint density at radius 1 is 0.427 bits per heavy atom. The Balaban J connectivity index is 0.000000290. The van der Waals surface area contributed by atoms with Gasteiger partial charge in [0, 0.05) is 32.8 Å². The van der Waals surface area contributed by atoms with Crippen LogP contribution in [-0.2, 0) is 81.8 Å². The summed E-state index contributed by atoms with van der Waals surface area (Å²) in [6, 6.07) is 35.8. The van der Waals surface area contributed by atoms with Gasteiger partial charge < -0.3 is 75.4 Å². The zero-order valence-corrected chi connectivity index (χ0v) is 46.5. The smallest absolute Gasteiger partial charge is 0.408 e. The number of carboxylic acid groups (broad SMARTS) is 1. The fraction of sp³-hybridized carbons (Fsp3) is 0.311. The van der Waals surface area contributed by atoms with Gasteiger partial charge in [-0.25, -0.2) is 24.0 Å². The number of esters is 2. The number of alkyl carbamates (subject to hydrolysis) is 2. The lowest BCUT2D eigenvalue weighted by molar-refractivity contribution is -0.156. The maximum absolute atomic E-state index is 13.5. The van der Waals surface area contributed by atoms with Crippen LogP contribution >= 0.6 is 0 Å². The molecule has 6 aromatic carbocycles. The molecule has 0 aliphatic rings. The van der Waals surface area contributed by atoms with E-state index in [4.69, 9.17) is 28.8 Å². The number of aromatic hydroxyl groups is 6. The van der Waals surface area contributed by atoms with E-state index in [9.17, 15) is 59.4 Å². The normalized spacial score (nSPS) is 12.4. The molecule has 0 aromatic heterocycles. The molecule has 6 aromatic rings. The second-order valence-corrected chi connectivity index (χ2v) is 20.5. The number of benzene rings is 6. The Bertz CT molecular complexity index is 3020. The zero-order valence-electron chi connectivity index (χ0n) is 46.5. The number of hydrogen-bond donors (Lipinski definition) is 10. The maximum atomic E-state index is 13.5. The minimum absolute atomic E-state index is 0.00596. The van der Waals surface area contributed by atoms with Crippen molar-refractivity contribution in [2.75, 3.05) is 7.11 Å². The van der Waals surface area contributed by atoms with E-state index in [2.05, 4.69) is 16.0 Å². The summed E-state index contributed by atoms with van der Waals surface area (Å²) in [6.07, 6.45) is -2.01. The van der Waals surface area contributed by atoms with Gasteiger partial charge in [0.2, 0.25) is 5.91 Å². The van der Waals surface area contributed by atoms with Crippen LogP contribution in [0.5, 0.6) is 34.5 Å². The van der Waals surface area contributed by atoms with Crippen LogP contribution in [0.1, 0.15) is 74.9 Å². The summed E-state index contributed by atoms with van der Waals surface area (Å²) in [5.41, 5.74) is 2.58. The Labute approximate surface area is 475 Å². The highest BCUT2D eigenvalue weighted by molar-refractivity contribution is 5.90. The van der Waals surface area contributed by atoms with Crippen molar-refractivity contribution in [3.05, 3.63) is 179 Å². The van der Waals surface area contributed by atoms with Crippen molar-refractivity contribution < 1.29 is 88.2 Å². The summed E-state index contributed by atoms with van der Waals surface area (Å²) in [5.74, 6) is -4.14. The summed E-state index contributed by atoms with van der Waals surface area (Å²) in [5, 5.41) is 73.6. The summed E-state index contributed by atoms with van der Waals surface area (Å²) in [6.45, 7) is 10.3. The van der Waals surface area contributed by atoms with Crippen LogP contribution in [0.25, 0.3) is 0 Å². The van der Waals surface area contributed by atoms with E-state index in [1.165, 1.54) is 55.6 Å². The molecule has 0 saturated carbocycles. The standard InChI is InChI=1S/C30H34N2O8.C17H18O4.C14H19NO6/c1-30(2,3)40-29(38)32-23(16-21-11-14-25(34)26(35)17-21)27(36)31-24(15-19-9-12-22(33)13-10-19)28(37)39-18-20-7-5-4-6-8-20;1-20-16(11-13-7-9-15(18)10-8-13)17(19)21-12-14-5-3-2-4-6-14;1-14(2,3)21-13(20)15-9(12(18)19)6-8-4-5-10(16)11(17)7-8/h4-14,17,23-24,33-35H,15-16,18H2,1-3H3,(H,31,36)(H,32,38);2-10,16,18H,11-12H2,1H3;4-5,7,9,16-17H,6H2,1-3H3,(H,15,20)(H,18,19)/t23-,24-;16-;9-/m000/s1. The Hall–Kier alpha value is -9.50. The van der Waals surface area contributed by atoms with Crippen molar-refractivity contribution in [2.24, 2.45) is 0 Å². The number of amides is 3. The van der Waals surface area contributed by atoms with Crippen LogP contribution in [0.15, 0.2) is 146 Å². The van der Waals surface area contributed by atoms with Gasteiger partial charge in [-0.15, -0.1) is 0 Å². The summed E-state index contributed by atoms with van der Waals surface area (Å²) < 4.78 is 26.3. The van der Waals surface area contributed by atoms with Crippen molar-refractivity contribution in [2.45, 2.75) is 116 Å². The number of nitrogens with one attached hydrogen (secondary N) is 3. The van der Waals surface area contributed by atoms with Crippen LogP contribution in [0.2, 0.25) is 0 Å². The largest absolute Gasteiger partial charge is 0.508 e. The van der Waals surface area contributed by atoms with E-state index < -0.39 is 71.4 Å². The molecule has 0 fully saturated rings. The number of ether oxygens (including phenoxy) is 5. The van der Waals surface area contributed by atoms with Crippen molar-refractivity contribution >= 4 is 36.0 Å². The van der Waals surface area contributed by atoms with Crippen molar-refractivity contribution in [1.82, 2.24) is 16.0 Å². The van der Waals surface area contributed by atoms with Crippen LogP contribution in [0, 0.1) is 0 Å². The van der Waals surface area contributed by atoms with Crippen LogP contribution in [0.4, 0.5) is 9.59 Å². The Morgan fingerprint density at radius 3 is 1.21 bits per heavy atom. The van der Waals surface area contributed by atoms with E-state index in [-0.39, 0.29) is 67.0 Å². The molecule has 0 aliphatic heterocycles. The van der Waals surface area contributed by atoms with Gasteiger partial charge in [-0.1, -0.05) is 97.1 Å². The first-order valence-corrected chi connectivity index (χ1v) is 25.7. The van der Waals surface area contributed by atoms with Gasteiger partial charge in [-0.05, 0) is 123 Å². The highest BCUT2D eigenvalue weighted by atomic mass is 16.6. The third-order valence-electron chi connectivity index (χ3n) is 11.3. The molecule has 10 N–H and O–H groups in total. The molecular formula is C61H71N3O18. The molecule has 82 heavy (non-hydrogen) atoms. The molecule has 438 valence electrons.